The predicted octanol–water partition coefficient (Wildman–Crippen LogP) is 0.740. The van der Waals surface area contributed by atoms with Crippen molar-refractivity contribution in [3.63, 3.8) is 0 Å². The van der Waals surface area contributed by atoms with Gasteiger partial charge in [0.25, 0.3) is 0 Å². The van der Waals surface area contributed by atoms with Crippen molar-refractivity contribution in [2.24, 2.45) is 23.7 Å². The van der Waals surface area contributed by atoms with E-state index in [1.54, 1.807) is 4.90 Å². The van der Waals surface area contributed by atoms with Crippen LogP contribution in [0.25, 0.3) is 0 Å². The number of hydrogen-bond donors (Lipinski definition) is 2. The lowest BCUT2D eigenvalue weighted by molar-refractivity contribution is -0.151. The van der Waals surface area contributed by atoms with E-state index >= 15 is 0 Å². The van der Waals surface area contributed by atoms with Gasteiger partial charge in [-0.1, -0.05) is 19.1 Å². The first kappa shape index (κ1) is 14.1. The molecular weight excluding hydrogens is 246 g/mol. The molecule has 0 aromatic carbocycles. The van der Waals surface area contributed by atoms with Gasteiger partial charge in [0, 0.05) is 13.1 Å². The van der Waals surface area contributed by atoms with E-state index in [0.717, 1.165) is 12.8 Å². The van der Waals surface area contributed by atoms with E-state index in [9.17, 15) is 14.7 Å². The van der Waals surface area contributed by atoms with Crippen molar-refractivity contribution >= 4 is 11.9 Å². The van der Waals surface area contributed by atoms with Crippen LogP contribution in [-0.4, -0.2) is 46.7 Å². The SMILES string of the molecule is CCCN(CCO)C(=O)C1C2C=CC(C2)C1C(=O)O. The Labute approximate surface area is 112 Å². The van der Waals surface area contributed by atoms with E-state index < -0.39 is 17.8 Å². The summed E-state index contributed by atoms with van der Waals surface area (Å²) in [5, 5.41) is 18.4. The first-order valence-electron chi connectivity index (χ1n) is 6.91. The maximum absolute atomic E-state index is 12.5. The zero-order valence-electron chi connectivity index (χ0n) is 11.2. The summed E-state index contributed by atoms with van der Waals surface area (Å²) in [6.45, 7) is 2.74. The Bertz CT molecular complexity index is 387. The number of carboxylic acids is 1. The third-order valence-electron chi connectivity index (χ3n) is 4.20. The van der Waals surface area contributed by atoms with E-state index in [1.807, 2.05) is 19.1 Å². The Kier molecular flexibility index (Phi) is 4.24. The number of amides is 1. The van der Waals surface area contributed by atoms with Crippen LogP contribution in [0.1, 0.15) is 19.8 Å². The van der Waals surface area contributed by atoms with E-state index in [1.165, 1.54) is 0 Å². The second-order valence-electron chi connectivity index (χ2n) is 5.39. The Morgan fingerprint density at radius 1 is 1.21 bits per heavy atom. The van der Waals surface area contributed by atoms with Crippen LogP contribution in [-0.2, 0) is 9.59 Å². The van der Waals surface area contributed by atoms with Crippen molar-refractivity contribution in [2.45, 2.75) is 19.8 Å². The molecule has 4 unspecified atom stereocenters. The van der Waals surface area contributed by atoms with Gasteiger partial charge in [0.05, 0.1) is 18.4 Å². The van der Waals surface area contributed by atoms with Gasteiger partial charge >= 0.3 is 5.97 Å². The van der Waals surface area contributed by atoms with Gasteiger partial charge in [-0.15, -0.1) is 0 Å². The maximum Gasteiger partial charge on any atom is 0.307 e. The van der Waals surface area contributed by atoms with E-state index in [4.69, 9.17) is 5.11 Å². The van der Waals surface area contributed by atoms with Gasteiger partial charge in [-0.25, -0.2) is 0 Å². The van der Waals surface area contributed by atoms with Crippen LogP contribution in [0.2, 0.25) is 0 Å². The van der Waals surface area contributed by atoms with Crippen LogP contribution in [0.3, 0.4) is 0 Å². The summed E-state index contributed by atoms with van der Waals surface area (Å²) >= 11 is 0. The van der Waals surface area contributed by atoms with Gasteiger partial charge in [-0.3, -0.25) is 9.59 Å². The third-order valence-corrected chi connectivity index (χ3v) is 4.20. The number of carboxylic acid groups (broad SMARTS) is 1. The Morgan fingerprint density at radius 3 is 2.37 bits per heavy atom. The van der Waals surface area contributed by atoms with Gasteiger partial charge in [-0.05, 0) is 24.7 Å². The van der Waals surface area contributed by atoms with Gasteiger partial charge in [0.15, 0.2) is 0 Å². The molecule has 2 aliphatic carbocycles. The van der Waals surface area contributed by atoms with Crippen LogP contribution in [0.15, 0.2) is 12.2 Å². The summed E-state index contributed by atoms with van der Waals surface area (Å²) in [5.74, 6) is -1.99. The smallest absolute Gasteiger partial charge is 0.307 e. The number of carbonyl (C=O) groups is 2. The lowest BCUT2D eigenvalue weighted by atomic mass is 9.82. The lowest BCUT2D eigenvalue weighted by Crippen LogP contribution is -2.44. The van der Waals surface area contributed by atoms with Crippen LogP contribution >= 0.6 is 0 Å². The van der Waals surface area contributed by atoms with Gasteiger partial charge in [-0.2, -0.15) is 0 Å². The minimum atomic E-state index is -0.879. The largest absolute Gasteiger partial charge is 0.481 e. The van der Waals surface area contributed by atoms with E-state index in [0.29, 0.717) is 6.54 Å². The van der Waals surface area contributed by atoms with Crippen molar-refractivity contribution in [3.8, 4) is 0 Å². The van der Waals surface area contributed by atoms with Crippen LogP contribution in [0.4, 0.5) is 0 Å². The number of aliphatic carboxylic acids is 1. The molecule has 2 aliphatic rings. The number of aliphatic hydroxyl groups excluding tert-OH is 1. The molecule has 5 heteroatoms. The highest BCUT2D eigenvalue weighted by atomic mass is 16.4. The molecule has 106 valence electrons. The number of nitrogens with zero attached hydrogens (tertiary/aromatic N) is 1. The zero-order valence-corrected chi connectivity index (χ0v) is 11.2. The summed E-state index contributed by atoms with van der Waals surface area (Å²) in [6.07, 6.45) is 5.49. The molecule has 4 atom stereocenters. The van der Waals surface area contributed by atoms with Crippen molar-refractivity contribution in [3.05, 3.63) is 12.2 Å². The molecule has 1 saturated carbocycles. The van der Waals surface area contributed by atoms with Crippen LogP contribution < -0.4 is 0 Å². The maximum atomic E-state index is 12.5. The van der Waals surface area contributed by atoms with Crippen LogP contribution in [0.5, 0.6) is 0 Å². The summed E-state index contributed by atoms with van der Waals surface area (Å²) in [5.41, 5.74) is 0. The molecule has 2 rings (SSSR count). The Balaban J connectivity index is 2.16. The van der Waals surface area contributed by atoms with Gasteiger partial charge in [0.2, 0.25) is 5.91 Å². The fraction of sp³-hybridized carbons (Fsp3) is 0.714. The van der Waals surface area contributed by atoms with Crippen molar-refractivity contribution < 1.29 is 19.8 Å². The number of fused-ring (bicyclic) bond motifs is 2. The zero-order chi connectivity index (χ0) is 14.0. The number of carbonyl (C=O) groups excluding carboxylic acids is 1. The molecule has 0 aromatic rings. The molecule has 2 bridgehead atoms. The first-order valence-corrected chi connectivity index (χ1v) is 6.91. The second kappa shape index (κ2) is 5.74. The fourth-order valence-electron chi connectivity index (χ4n) is 3.43. The topological polar surface area (TPSA) is 77.8 Å². The van der Waals surface area contributed by atoms with Gasteiger partial charge < -0.3 is 15.1 Å². The average molecular weight is 267 g/mol. The molecule has 0 radical (unpaired) electrons. The van der Waals surface area contributed by atoms with Crippen molar-refractivity contribution in [1.29, 1.82) is 0 Å². The molecule has 1 fully saturated rings. The minimum absolute atomic E-state index is 0.00551. The molecule has 2 N–H and O–H groups in total. The number of hydrogen-bond acceptors (Lipinski definition) is 3. The minimum Gasteiger partial charge on any atom is -0.481 e. The molecular formula is C14H21NO4. The first-order chi connectivity index (χ1) is 9.10. The van der Waals surface area contributed by atoms with E-state index in [-0.39, 0.29) is 30.9 Å². The molecule has 0 saturated heterocycles. The quantitative estimate of drug-likeness (QED) is 0.696. The van der Waals surface area contributed by atoms with Crippen molar-refractivity contribution in [1.82, 2.24) is 4.90 Å². The van der Waals surface area contributed by atoms with Crippen LogP contribution in [0, 0.1) is 23.7 Å². The molecule has 0 spiro atoms. The van der Waals surface area contributed by atoms with Crippen molar-refractivity contribution in [2.75, 3.05) is 19.7 Å². The number of allylic oxidation sites excluding steroid dienone is 2. The van der Waals surface area contributed by atoms with Gasteiger partial charge in [0.1, 0.15) is 0 Å². The molecule has 5 nitrogen and oxygen atoms in total. The summed E-state index contributed by atoms with van der Waals surface area (Å²) in [6, 6.07) is 0. The summed E-state index contributed by atoms with van der Waals surface area (Å²) in [7, 11) is 0. The average Bonchev–Trinajstić information content (AvgIpc) is 2.97. The fourth-order valence-corrected chi connectivity index (χ4v) is 3.43. The Hall–Kier alpha value is -1.36. The predicted molar refractivity (Wildman–Crippen MR) is 69.3 cm³/mol. The Morgan fingerprint density at radius 2 is 1.84 bits per heavy atom. The number of aliphatic hydroxyl groups is 1. The normalized spacial score (nSPS) is 31.7. The van der Waals surface area contributed by atoms with E-state index in [2.05, 4.69) is 0 Å². The monoisotopic (exact) mass is 267 g/mol. The molecule has 0 aromatic heterocycles. The highest BCUT2D eigenvalue weighted by Crippen LogP contribution is 2.48. The molecule has 1 amide bonds. The third kappa shape index (κ3) is 2.52. The highest BCUT2D eigenvalue weighted by Gasteiger charge is 2.52. The summed E-state index contributed by atoms with van der Waals surface area (Å²) in [4.78, 5) is 25.5. The highest BCUT2D eigenvalue weighted by molar-refractivity contribution is 5.87. The summed E-state index contributed by atoms with van der Waals surface area (Å²) < 4.78 is 0. The standard InChI is InChI=1S/C14H21NO4/c1-2-5-15(6-7-16)13(17)11-9-3-4-10(8-9)12(11)14(18)19/h3-4,9-12,16H,2,5-8H2,1H3,(H,18,19). The second-order valence-corrected chi connectivity index (χ2v) is 5.39. The number of rotatable bonds is 6. The molecule has 0 aliphatic heterocycles. The molecule has 19 heavy (non-hydrogen) atoms. The molecule has 0 heterocycles. The lowest BCUT2D eigenvalue weighted by Gasteiger charge is -2.30.